The molecule has 1 N–H and O–H groups in total. The molecule has 1 fully saturated rings. The first-order chi connectivity index (χ1) is 15.4. The highest BCUT2D eigenvalue weighted by Crippen LogP contribution is 2.31. The summed E-state index contributed by atoms with van der Waals surface area (Å²) in [6.07, 6.45) is 3.04. The van der Waals surface area contributed by atoms with Crippen LogP contribution in [-0.4, -0.2) is 78.7 Å². The predicted molar refractivity (Wildman–Crippen MR) is 116 cm³/mol. The second-order valence-corrected chi connectivity index (χ2v) is 9.48. The van der Waals surface area contributed by atoms with Crippen LogP contribution in [0.2, 0.25) is 0 Å². The molecule has 0 unspecified atom stereocenters. The van der Waals surface area contributed by atoms with Crippen molar-refractivity contribution in [3.8, 4) is 5.75 Å². The Morgan fingerprint density at radius 2 is 1.88 bits per heavy atom. The van der Waals surface area contributed by atoms with Gasteiger partial charge in [-0.3, -0.25) is 14.5 Å². The standard InChI is InChI=1S/C21H21N5O5S/c27-19(13-26-16-5-1-2-6-17(16)31-14-20(26)28)24-8-10-25(11-9-24)32(29,30)18-12-23-21-15(18)4-3-7-22-21/h1-7,12H,8-11,13-14H2,(H,22,23). The van der Waals surface area contributed by atoms with Gasteiger partial charge in [-0.15, -0.1) is 0 Å². The largest absolute Gasteiger partial charge is 0.482 e. The van der Waals surface area contributed by atoms with Crippen molar-refractivity contribution in [2.45, 2.75) is 4.90 Å². The van der Waals surface area contributed by atoms with Gasteiger partial charge in [-0.2, -0.15) is 4.31 Å². The minimum absolute atomic E-state index is 0.111. The quantitative estimate of drug-likeness (QED) is 0.623. The van der Waals surface area contributed by atoms with E-state index in [4.69, 9.17) is 4.74 Å². The second-order valence-electron chi connectivity index (χ2n) is 7.57. The van der Waals surface area contributed by atoms with E-state index in [-0.39, 0.29) is 56.0 Å². The van der Waals surface area contributed by atoms with Crippen LogP contribution in [0.5, 0.6) is 5.75 Å². The molecule has 3 aromatic rings. The fourth-order valence-corrected chi connectivity index (χ4v) is 5.60. The monoisotopic (exact) mass is 455 g/mol. The Labute approximate surface area is 184 Å². The zero-order chi connectivity index (χ0) is 22.3. The van der Waals surface area contributed by atoms with Gasteiger partial charge in [0, 0.05) is 44.0 Å². The number of aromatic nitrogens is 2. The van der Waals surface area contributed by atoms with Gasteiger partial charge in [0.2, 0.25) is 15.9 Å². The number of carbonyl (C=O) groups is 2. The van der Waals surface area contributed by atoms with Gasteiger partial charge in [0.05, 0.1) is 5.69 Å². The number of fused-ring (bicyclic) bond motifs is 2. The number of benzene rings is 1. The summed E-state index contributed by atoms with van der Waals surface area (Å²) in [5.74, 6) is 0.0404. The summed E-state index contributed by atoms with van der Waals surface area (Å²) in [6, 6.07) is 10.5. The Bertz CT molecular complexity index is 1300. The van der Waals surface area contributed by atoms with Crippen LogP contribution < -0.4 is 9.64 Å². The molecule has 0 spiro atoms. The van der Waals surface area contributed by atoms with Gasteiger partial charge in [0.1, 0.15) is 22.8 Å². The molecule has 0 radical (unpaired) electrons. The Morgan fingerprint density at radius 1 is 1.09 bits per heavy atom. The molecule has 0 aliphatic carbocycles. The average Bonchev–Trinajstić information content (AvgIpc) is 3.26. The van der Waals surface area contributed by atoms with Crippen LogP contribution in [0, 0.1) is 0 Å². The first-order valence-corrected chi connectivity index (χ1v) is 11.6. The summed E-state index contributed by atoms with van der Waals surface area (Å²) in [4.78, 5) is 35.4. The molecule has 4 heterocycles. The molecule has 0 bridgehead atoms. The van der Waals surface area contributed by atoms with Crippen LogP contribution in [0.4, 0.5) is 5.69 Å². The van der Waals surface area contributed by atoms with Crippen LogP contribution >= 0.6 is 0 Å². The Morgan fingerprint density at radius 3 is 2.69 bits per heavy atom. The van der Waals surface area contributed by atoms with E-state index in [2.05, 4.69) is 9.97 Å². The molecule has 2 aliphatic rings. The van der Waals surface area contributed by atoms with E-state index in [0.29, 0.717) is 22.5 Å². The van der Waals surface area contributed by atoms with Gasteiger partial charge in [-0.25, -0.2) is 13.4 Å². The van der Waals surface area contributed by atoms with Gasteiger partial charge in [-0.1, -0.05) is 12.1 Å². The van der Waals surface area contributed by atoms with E-state index >= 15 is 0 Å². The maximum Gasteiger partial charge on any atom is 0.265 e. The summed E-state index contributed by atoms with van der Waals surface area (Å²) in [5, 5.41) is 0.538. The van der Waals surface area contributed by atoms with Crippen molar-refractivity contribution in [3.63, 3.8) is 0 Å². The lowest BCUT2D eigenvalue weighted by molar-refractivity contribution is -0.133. The number of carbonyl (C=O) groups excluding carboxylic acids is 2. The summed E-state index contributed by atoms with van der Waals surface area (Å²) in [6.45, 7) is 0.622. The second kappa shape index (κ2) is 7.92. The van der Waals surface area contributed by atoms with Crippen molar-refractivity contribution in [2.24, 2.45) is 0 Å². The molecule has 1 aromatic carbocycles. The van der Waals surface area contributed by atoms with E-state index in [9.17, 15) is 18.0 Å². The number of nitrogens with one attached hydrogen (secondary N) is 1. The van der Waals surface area contributed by atoms with Crippen molar-refractivity contribution in [1.82, 2.24) is 19.2 Å². The number of anilines is 1. The molecular formula is C21H21N5O5S. The zero-order valence-corrected chi connectivity index (χ0v) is 17.9. The lowest BCUT2D eigenvalue weighted by Gasteiger charge is -2.36. The van der Waals surface area contributed by atoms with E-state index in [1.54, 1.807) is 47.5 Å². The summed E-state index contributed by atoms with van der Waals surface area (Å²) in [7, 11) is -3.73. The van der Waals surface area contributed by atoms with Crippen LogP contribution in [0.25, 0.3) is 11.0 Å². The number of para-hydroxylation sites is 2. The molecular weight excluding hydrogens is 434 g/mol. The Balaban J connectivity index is 1.27. The van der Waals surface area contributed by atoms with Crippen molar-refractivity contribution in [3.05, 3.63) is 48.8 Å². The average molecular weight is 455 g/mol. The van der Waals surface area contributed by atoms with Gasteiger partial charge in [0.25, 0.3) is 5.91 Å². The van der Waals surface area contributed by atoms with Crippen molar-refractivity contribution < 1.29 is 22.7 Å². The number of H-pyrrole nitrogens is 1. The van der Waals surface area contributed by atoms with Gasteiger partial charge in [-0.05, 0) is 24.3 Å². The molecule has 11 heteroatoms. The summed E-state index contributed by atoms with van der Waals surface area (Å²) >= 11 is 0. The third-order valence-corrected chi connectivity index (χ3v) is 7.66. The molecule has 2 aliphatic heterocycles. The number of piperazine rings is 1. The molecule has 166 valence electrons. The number of rotatable bonds is 4. The summed E-state index contributed by atoms with van der Waals surface area (Å²) < 4.78 is 33.1. The number of hydrogen-bond acceptors (Lipinski definition) is 6. The number of hydrogen-bond donors (Lipinski definition) is 1. The molecule has 10 nitrogen and oxygen atoms in total. The van der Waals surface area contributed by atoms with Crippen molar-refractivity contribution in [1.29, 1.82) is 0 Å². The first kappa shape index (κ1) is 20.5. The lowest BCUT2D eigenvalue weighted by atomic mass is 10.2. The van der Waals surface area contributed by atoms with E-state index in [1.807, 2.05) is 0 Å². The number of ether oxygens (including phenoxy) is 1. The fourth-order valence-electron chi connectivity index (χ4n) is 4.02. The smallest absolute Gasteiger partial charge is 0.265 e. The van der Waals surface area contributed by atoms with Crippen LogP contribution in [0.3, 0.4) is 0 Å². The fraction of sp³-hybridized carbons (Fsp3) is 0.286. The van der Waals surface area contributed by atoms with Gasteiger partial charge < -0.3 is 14.6 Å². The van der Waals surface area contributed by atoms with Crippen molar-refractivity contribution in [2.75, 3.05) is 44.2 Å². The van der Waals surface area contributed by atoms with Crippen LogP contribution in [0.1, 0.15) is 0 Å². The molecule has 0 atom stereocenters. The highest BCUT2D eigenvalue weighted by molar-refractivity contribution is 7.89. The number of nitrogens with zero attached hydrogens (tertiary/aromatic N) is 4. The third kappa shape index (κ3) is 3.49. The summed E-state index contributed by atoms with van der Waals surface area (Å²) in [5.41, 5.74) is 1.07. The molecule has 32 heavy (non-hydrogen) atoms. The first-order valence-electron chi connectivity index (χ1n) is 10.2. The third-order valence-electron chi connectivity index (χ3n) is 5.72. The van der Waals surface area contributed by atoms with Gasteiger partial charge >= 0.3 is 0 Å². The topological polar surface area (TPSA) is 116 Å². The number of sulfonamides is 1. The van der Waals surface area contributed by atoms with Crippen LogP contribution in [0.15, 0.2) is 53.7 Å². The molecule has 2 aromatic heterocycles. The van der Waals surface area contributed by atoms with Crippen molar-refractivity contribution >= 4 is 38.6 Å². The normalized spacial score (nSPS) is 17.3. The molecule has 0 saturated carbocycles. The Kier molecular flexibility index (Phi) is 5.06. The Hall–Kier alpha value is -3.44. The molecule has 5 rings (SSSR count). The van der Waals surface area contributed by atoms with Crippen LogP contribution in [-0.2, 0) is 19.6 Å². The molecule has 2 amide bonds. The maximum atomic E-state index is 13.1. The zero-order valence-electron chi connectivity index (χ0n) is 17.1. The van der Waals surface area contributed by atoms with Gasteiger partial charge in [0.15, 0.2) is 6.61 Å². The SMILES string of the molecule is O=C(CN1C(=O)COc2ccccc21)N1CCN(S(=O)(=O)c2c[nH]c3ncccc23)CC1. The maximum absolute atomic E-state index is 13.1. The number of pyridine rings is 1. The predicted octanol–water partition coefficient (Wildman–Crippen LogP) is 0.821. The highest BCUT2D eigenvalue weighted by atomic mass is 32.2. The molecule has 1 saturated heterocycles. The lowest BCUT2D eigenvalue weighted by Crippen LogP contribution is -2.53. The van der Waals surface area contributed by atoms with E-state index < -0.39 is 10.0 Å². The number of aromatic amines is 1. The minimum atomic E-state index is -3.73. The van der Waals surface area contributed by atoms with E-state index in [1.165, 1.54) is 15.4 Å². The number of amides is 2. The highest BCUT2D eigenvalue weighted by Gasteiger charge is 2.34. The minimum Gasteiger partial charge on any atom is -0.482 e. The van der Waals surface area contributed by atoms with E-state index in [0.717, 1.165) is 0 Å².